The molecule has 0 bridgehead atoms. The van der Waals surface area contributed by atoms with Crippen LogP contribution >= 0.6 is 15.9 Å². The fourth-order valence-corrected chi connectivity index (χ4v) is 2.91. The molecule has 90 valence electrons. The molecule has 0 aliphatic heterocycles. The first kappa shape index (κ1) is 13.6. The lowest BCUT2D eigenvalue weighted by molar-refractivity contribution is 0.404. The van der Waals surface area contributed by atoms with Gasteiger partial charge < -0.3 is 4.74 Å². The Labute approximate surface area is 107 Å². The van der Waals surface area contributed by atoms with Gasteiger partial charge in [-0.15, -0.1) is 0 Å². The van der Waals surface area contributed by atoms with Crippen LogP contribution in [-0.4, -0.2) is 11.9 Å². The largest absolute Gasteiger partial charge is 0.496 e. The van der Waals surface area contributed by atoms with Gasteiger partial charge in [0.05, 0.1) is 7.11 Å². The molecule has 1 nitrogen and oxygen atoms in total. The zero-order chi connectivity index (χ0) is 12.3. The summed E-state index contributed by atoms with van der Waals surface area (Å²) in [5, 5.41) is 0. The number of alkyl halides is 1. The highest BCUT2D eigenvalue weighted by atomic mass is 79.9. The van der Waals surface area contributed by atoms with E-state index in [1.165, 1.54) is 16.7 Å². The maximum Gasteiger partial charge on any atom is 0.122 e. The summed E-state index contributed by atoms with van der Waals surface area (Å²) in [4.78, 5) is 0.535. The number of methoxy groups -OCH3 is 1. The average Bonchev–Trinajstić information content (AvgIpc) is 2.14. The van der Waals surface area contributed by atoms with Gasteiger partial charge in [-0.25, -0.2) is 0 Å². The van der Waals surface area contributed by atoms with E-state index in [0.29, 0.717) is 10.7 Å². The van der Waals surface area contributed by atoms with E-state index < -0.39 is 0 Å². The molecule has 0 radical (unpaired) electrons. The second kappa shape index (κ2) is 5.72. The average molecular weight is 285 g/mol. The van der Waals surface area contributed by atoms with Crippen molar-refractivity contribution in [3.63, 3.8) is 0 Å². The summed E-state index contributed by atoms with van der Waals surface area (Å²) in [7, 11) is 1.75. The second-order valence-electron chi connectivity index (χ2n) is 4.62. The third-order valence-corrected chi connectivity index (χ3v) is 3.26. The van der Waals surface area contributed by atoms with Gasteiger partial charge in [-0.05, 0) is 48.9 Å². The van der Waals surface area contributed by atoms with Gasteiger partial charge in [0.25, 0.3) is 0 Å². The smallest absolute Gasteiger partial charge is 0.122 e. The van der Waals surface area contributed by atoms with Crippen molar-refractivity contribution in [1.29, 1.82) is 0 Å². The van der Waals surface area contributed by atoms with Crippen molar-refractivity contribution in [3.8, 4) is 5.75 Å². The fraction of sp³-hybridized carbons (Fsp3) is 0.571. The first-order chi connectivity index (χ1) is 7.45. The Kier molecular flexibility index (Phi) is 4.85. The molecule has 2 atom stereocenters. The monoisotopic (exact) mass is 284 g/mol. The van der Waals surface area contributed by atoms with Crippen molar-refractivity contribution in [3.05, 3.63) is 28.8 Å². The van der Waals surface area contributed by atoms with E-state index in [1.54, 1.807) is 7.11 Å². The molecule has 1 rings (SSSR count). The van der Waals surface area contributed by atoms with E-state index in [2.05, 4.69) is 55.8 Å². The Hall–Kier alpha value is -0.500. The van der Waals surface area contributed by atoms with E-state index in [1.807, 2.05) is 0 Å². The van der Waals surface area contributed by atoms with Crippen LogP contribution in [0.4, 0.5) is 0 Å². The highest BCUT2D eigenvalue weighted by molar-refractivity contribution is 9.09. The molecule has 1 aromatic rings. The molecule has 2 heteroatoms. The number of rotatable bonds is 4. The minimum absolute atomic E-state index is 0.518. The van der Waals surface area contributed by atoms with E-state index >= 15 is 0 Å². The molecule has 0 saturated heterocycles. The number of benzene rings is 1. The van der Waals surface area contributed by atoms with E-state index in [0.717, 1.165) is 12.2 Å². The van der Waals surface area contributed by atoms with Crippen molar-refractivity contribution in [2.45, 2.75) is 44.9 Å². The van der Waals surface area contributed by atoms with Crippen molar-refractivity contribution in [2.24, 2.45) is 0 Å². The van der Waals surface area contributed by atoms with Crippen molar-refractivity contribution >= 4 is 15.9 Å². The molecule has 0 N–H and O–H groups in total. The molecular weight excluding hydrogens is 264 g/mol. The summed E-state index contributed by atoms with van der Waals surface area (Å²) >= 11 is 3.62. The maximum atomic E-state index is 5.49. The van der Waals surface area contributed by atoms with Crippen molar-refractivity contribution in [1.82, 2.24) is 0 Å². The summed E-state index contributed by atoms with van der Waals surface area (Å²) < 4.78 is 5.49. The minimum atomic E-state index is 0.518. The summed E-state index contributed by atoms with van der Waals surface area (Å²) in [6, 6.07) is 4.35. The molecule has 0 heterocycles. The molecule has 0 aromatic heterocycles. The number of hydrogen-bond acceptors (Lipinski definition) is 1. The van der Waals surface area contributed by atoms with Crippen LogP contribution in [0.2, 0.25) is 0 Å². The molecule has 0 saturated carbocycles. The number of ether oxygens (including phenoxy) is 1. The highest BCUT2D eigenvalue weighted by Crippen LogP contribution is 2.34. The Morgan fingerprint density at radius 2 is 1.88 bits per heavy atom. The summed E-state index contributed by atoms with van der Waals surface area (Å²) in [5.74, 6) is 1.54. The standard InChI is InChI=1S/C14H21BrO/c1-9-6-10(2)14(13(7-9)16-5)11(3)8-12(4)15/h6-7,11-12H,8H2,1-5H3. The van der Waals surface area contributed by atoms with Gasteiger partial charge >= 0.3 is 0 Å². The summed E-state index contributed by atoms with van der Waals surface area (Å²) in [6.07, 6.45) is 1.13. The van der Waals surface area contributed by atoms with E-state index in [9.17, 15) is 0 Å². The predicted octanol–water partition coefficient (Wildman–Crippen LogP) is 4.59. The van der Waals surface area contributed by atoms with Crippen molar-refractivity contribution < 1.29 is 4.74 Å². The topological polar surface area (TPSA) is 9.23 Å². The Morgan fingerprint density at radius 3 is 2.38 bits per heavy atom. The molecule has 0 aliphatic carbocycles. The van der Waals surface area contributed by atoms with Crippen LogP contribution in [0.1, 0.15) is 42.9 Å². The lowest BCUT2D eigenvalue weighted by Gasteiger charge is -2.20. The third kappa shape index (κ3) is 3.24. The molecule has 2 unspecified atom stereocenters. The number of halogens is 1. The molecule has 0 fully saturated rings. The van der Waals surface area contributed by atoms with Crippen LogP contribution < -0.4 is 4.74 Å². The SMILES string of the molecule is COc1cc(C)cc(C)c1C(C)CC(C)Br. The van der Waals surface area contributed by atoms with Crippen LogP contribution in [0.3, 0.4) is 0 Å². The lowest BCUT2D eigenvalue weighted by atomic mass is 9.91. The minimum Gasteiger partial charge on any atom is -0.496 e. The van der Waals surface area contributed by atoms with Gasteiger partial charge in [-0.2, -0.15) is 0 Å². The van der Waals surface area contributed by atoms with E-state index in [4.69, 9.17) is 4.74 Å². The van der Waals surface area contributed by atoms with Gasteiger partial charge in [0, 0.05) is 4.83 Å². The van der Waals surface area contributed by atoms with Gasteiger partial charge in [0.2, 0.25) is 0 Å². The Morgan fingerprint density at radius 1 is 1.25 bits per heavy atom. The van der Waals surface area contributed by atoms with Crippen LogP contribution in [0.15, 0.2) is 12.1 Å². The van der Waals surface area contributed by atoms with Gasteiger partial charge in [-0.3, -0.25) is 0 Å². The first-order valence-electron chi connectivity index (χ1n) is 5.75. The molecule has 0 spiro atoms. The first-order valence-corrected chi connectivity index (χ1v) is 6.66. The van der Waals surface area contributed by atoms with Crippen LogP contribution in [-0.2, 0) is 0 Å². The Bertz CT molecular complexity index is 358. The molecule has 1 aromatic carbocycles. The van der Waals surface area contributed by atoms with Gasteiger partial charge in [-0.1, -0.05) is 35.8 Å². The number of hydrogen-bond donors (Lipinski definition) is 0. The summed E-state index contributed by atoms with van der Waals surface area (Å²) in [5.41, 5.74) is 3.94. The van der Waals surface area contributed by atoms with Crippen LogP contribution in [0.5, 0.6) is 5.75 Å². The molecule has 16 heavy (non-hydrogen) atoms. The Balaban J connectivity index is 3.10. The van der Waals surface area contributed by atoms with Crippen molar-refractivity contribution in [2.75, 3.05) is 7.11 Å². The normalized spacial score (nSPS) is 14.6. The van der Waals surface area contributed by atoms with Crippen LogP contribution in [0.25, 0.3) is 0 Å². The quantitative estimate of drug-likeness (QED) is 0.735. The zero-order valence-electron chi connectivity index (χ0n) is 10.8. The fourth-order valence-electron chi connectivity index (χ4n) is 2.35. The summed E-state index contributed by atoms with van der Waals surface area (Å²) in [6.45, 7) is 8.72. The second-order valence-corrected chi connectivity index (χ2v) is 6.18. The molecule has 0 aliphatic rings. The highest BCUT2D eigenvalue weighted by Gasteiger charge is 2.16. The number of aryl methyl sites for hydroxylation is 2. The zero-order valence-corrected chi connectivity index (χ0v) is 12.4. The van der Waals surface area contributed by atoms with E-state index in [-0.39, 0.29) is 0 Å². The third-order valence-electron chi connectivity index (χ3n) is 2.88. The predicted molar refractivity (Wildman–Crippen MR) is 73.9 cm³/mol. The van der Waals surface area contributed by atoms with Crippen LogP contribution in [0, 0.1) is 13.8 Å². The van der Waals surface area contributed by atoms with Gasteiger partial charge in [0.15, 0.2) is 0 Å². The molecular formula is C14H21BrO. The molecule has 0 amide bonds. The van der Waals surface area contributed by atoms with Gasteiger partial charge in [0.1, 0.15) is 5.75 Å². The maximum absolute atomic E-state index is 5.49. The lowest BCUT2D eigenvalue weighted by Crippen LogP contribution is -2.05.